The first-order valence-electron chi connectivity index (χ1n) is 3.32. The molecule has 0 saturated carbocycles. The maximum atomic E-state index is 10.5. The summed E-state index contributed by atoms with van der Waals surface area (Å²) in [6, 6.07) is 0. The second-order valence-electron chi connectivity index (χ2n) is 2.24. The van der Waals surface area contributed by atoms with Gasteiger partial charge in [-0.3, -0.25) is 4.79 Å². The second-order valence-corrected chi connectivity index (χ2v) is 4.93. The molecular formula is C6H10O2S2. The Hall–Kier alpha value is 0.170. The molecule has 1 fully saturated rings. The van der Waals surface area contributed by atoms with Gasteiger partial charge in [0.25, 0.3) is 0 Å². The minimum absolute atomic E-state index is 0.160. The van der Waals surface area contributed by atoms with E-state index in [1.807, 2.05) is 0 Å². The molecule has 1 rings (SSSR count). The van der Waals surface area contributed by atoms with Crippen LogP contribution in [0.4, 0.5) is 0 Å². The Labute approximate surface area is 68.2 Å². The van der Waals surface area contributed by atoms with Crippen molar-refractivity contribution >= 4 is 27.6 Å². The third kappa shape index (κ3) is 2.42. The van der Waals surface area contributed by atoms with Crippen molar-refractivity contribution in [3.05, 3.63) is 0 Å². The van der Waals surface area contributed by atoms with E-state index >= 15 is 0 Å². The second kappa shape index (κ2) is 4.13. The highest BCUT2D eigenvalue weighted by molar-refractivity contribution is 8.77. The summed E-state index contributed by atoms with van der Waals surface area (Å²) in [7, 11) is 3.20. The van der Waals surface area contributed by atoms with Gasteiger partial charge in [0.2, 0.25) is 0 Å². The van der Waals surface area contributed by atoms with Gasteiger partial charge in [-0.05, 0) is 12.8 Å². The molecule has 10 heavy (non-hydrogen) atoms. The Balaban J connectivity index is 2.35. The lowest BCUT2D eigenvalue weighted by Gasteiger charge is -2.04. The lowest BCUT2D eigenvalue weighted by atomic mass is 10.2. The van der Waals surface area contributed by atoms with Crippen molar-refractivity contribution in [1.82, 2.24) is 0 Å². The fraction of sp³-hybridized carbons (Fsp3) is 0.833. The summed E-state index contributed by atoms with van der Waals surface area (Å²) in [5.74, 6) is 0.452. The molecule has 0 aromatic heterocycles. The molecule has 0 amide bonds. The van der Waals surface area contributed by atoms with E-state index in [2.05, 4.69) is 0 Å². The van der Waals surface area contributed by atoms with Crippen LogP contribution in [0.2, 0.25) is 0 Å². The lowest BCUT2D eigenvalue weighted by molar-refractivity contribution is -0.136. The Kier molecular flexibility index (Phi) is 3.42. The van der Waals surface area contributed by atoms with E-state index in [0.29, 0.717) is 0 Å². The van der Waals surface area contributed by atoms with Gasteiger partial charge in [-0.2, -0.15) is 0 Å². The van der Waals surface area contributed by atoms with Crippen molar-refractivity contribution in [2.24, 2.45) is 0 Å². The Morgan fingerprint density at radius 2 is 2.30 bits per heavy atom. The number of hydrogen-bond acceptors (Lipinski definition) is 3. The van der Waals surface area contributed by atoms with Gasteiger partial charge in [-0.1, -0.05) is 28.0 Å². The van der Waals surface area contributed by atoms with Crippen LogP contribution in [0.15, 0.2) is 0 Å². The van der Waals surface area contributed by atoms with Gasteiger partial charge in [0.15, 0.2) is 0 Å². The smallest absolute Gasteiger partial charge is 0.317 e. The van der Waals surface area contributed by atoms with E-state index in [9.17, 15) is 4.79 Å². The molecule has 1 atom stereocenters. The molecule has 0 aromatic carbocycles. The van der Waals surface area contributed by atoms with Crippen molar-refractivity contribution < 1.29 is 9.90 Å². The first kappa shape index (κ1) is 8.27. The number of carboxylic acid groups (broad SMARTS) is 1. The van der Waals surface area contributed by atoms with Crippen LogP contribution in [0.3, 0.4) is 0 Å². The highest BCUT2D eigenvalue weighted by atomic mass is 33.1. The molecular weight excluding hydrogens is 168 g/mol. The third-order valence-corrected chi connectivity index (χ3v) is 4.27. The van der Waals surface area contributed by atoms with Gasteiger partial charge in [0.05, 0.1) is 0 Å². The predicted molar refractivity (Wildman–Crippen MR) is 45.3 cm³/mol. The lowest BCUT2D eigenvalue weighted by Crippen LogP contribution is -2.13. The molecule has 1 aliphatic rings. The van der Waals surface area contributed by atoms with Crippen molar-refractivity contribution in [3.63, 3.8) is 0 Å². The van der Waals surface area contributed by atoms with Gasteiger partial charge in [-0.15, -0.1) is 0 Å². The summed E-state index contributed by atoms with van der Waals surface area (Å²) in [5, 5.41) is 8.47. The summed E-state index contributed by atoms with van der Waals surface area (Å²) in [5.41, 5.74) is 0. The zero-order valence-electron chi connectivity index (χ0n) is 5.58. The fourth-order valence-corrected chi connectivity index (χ4v) is 3.43. The van der Waals surface area contributed by atoms with Crippen LogP contribution in [-0.4, -0.2) is 22.1 Å². The largest absolute Gasteiger partial charge is 0.480 e. The van der Waals surface area contributed by atoms with E-state index in [1.54, 1.807) is 10.8 Å². The molecule has 1 saturated heterocycles. The van der Waals surface area contributed by atoms with Crippen molar-refractivity contribution in [2.75, 3.05) is 5.75 Å². The van der Waals surface area contributed by atoms with Gasteiger partial charge in [0.1, 0.15) is 5.25 Å². The molecule has 0 aliphatic carbocycles. The van der Waals surface area contributed by atoms with Crippen molar-refractivity contribution in [1.29, 1.82) is 0 Å². The molecule has 1 N–H and O–H groups in total. The first-order chi connectivity index (χ1) is 4.80. The highest BCUT2D eigenvalue weighted by Gasteiger charge is 2.19. The third-order valence-electron chi connectivity index (χ3n) is 1.40. The monoisotopic (exact) mass is 178 g/mol. The summed E-state index contributed by atoms with van der Waals surface area (Å²) in [6.07, 6.45) is 3.07. The maximum absolute atomic E-state index is 10.5. The van der Waals surface area contributed by atoms with E-state index in [0.717, 1.165) is 18.6 Å². The molecule has 0 aromatic rings. The molecule has 2 nitrogen and oxygen atoms in total. The predicted octanol–water partition coefficient (Wildman–Crippen LogP) is 2.00. The van der Waals surface area contributed by atoms with Crippen molar-refractivity contribution in [3.8, 4) is 0 Å². The molecule has 1 aliphatic heterocycles. The standard InChI is InChI=1S/C6H10O2S2/c7-6(8)5-3-1-2-4-9-10-5/h5H,1-4H2,(H,7,8). The van der Waals surface area contributed by atoms with E-state index in [4.69, 9.17) is 5.11 Å². The highest BCUT2D eigenvalue weighted by Crippen LogP contribution is 2.34. The summed E-state index contributed by atoms with van der Waals surface area (Å²) in [6.45, 7) is 0. The number of carbonyl (C=O) groups is 1. The summed E-state index contributed by atoms with van der Waals surface area (Å²) < 4.78 is 0. The first-order valence-corrected chi connectivity index (χ1v) is 5.70. The molecule has 1 unspecified atom stereocenters. The summed E-state index contributed by atoms with van der Waals surface area (Å²) >= 11 is 0. The minimum atomic E-state index is -0.653. The molecule has 0 bridgehead atoms. The van der Waals surface area contributed by atoms with Gasteiger partial charge >= 0.3 is 5.97 Å². The molecule has 4 heteroatoms. The minimum Gasteiger partial charge on any atom is -0.480 e. The Morgan fingerprint density at radius 3 is 3.00 bits per heavy atom. The van der Waals surface area contributed by atoms with Gasteiger partial charge in [0, 0.05) is 5.75 Å². The van der Waals surface area contributed by atoms with Crippen LogP contribution in [0.5, 0.6) is 0 Å². The number of aliphatic carboxylic acids is 1. The van der Waals surface area contributed by atoms with Crippen LogP contribution < -0.4 is 0 Å². The zero-order valence-corrected chi connectivity index (χ0v) is 7.21. The van der Waals surface area contributed by atoms with Crippen LogP contribution in [0.1, 0.15) is 19.3 Å². The van der Waals surface area contributed by atoms with Gasteiger partial charge < -0.3 is 5.11 Å². The van der Waals surface area contributed by atoms with Crippen LogP contribution in [-0.2, 0) is 4.79 Å². The maximum Gasteiger partial charge on any atom is 0.317 e. The number of hydrogen-bond donors (Lipinski definition) is 1. The average Bonchev–Trinajstić information content (AvgIpc) is 2.12. The SMILES string of the molecule is O=C(O)C1CCCCSS1. The Bertz CT molecular complexity index is 119. The molecule has 58 valence electrons. The van der Waals surface area contributed by atoms with Crippen molar-refractivity contribution in [2.45, 2.75) is 24.5 Å². The Morgan fingerprint density at radius 1 is 1.50 bits per heavy atom. The zero-order chi connectivity index (χ0) is 7.40. The quantitative estimate of drug-likeness (QED) is 0.623. The molecule has 1 heterocycles. The normalized spacial score (nSPS) is 27.4. The van der Waals surface area contributed by atoms with Crippen LogP contribution >= 0.6 is 21.6 Å². The van der Waals surface area contributed by atoms with Crippen LogP contribution in [0.25, 0.3) is 0 Å². The van der Waals surface area contributed by atoms with E-state index in [1.165, 1.54) is 17.2 Å². The average molecular weight is 178 g/mol. The van der Waals surface area contributed by atoms with E-state index < -0.39 is 5.97 Å². The molecule has 0 spiro atoms. The number of rotatable bonds is 1. The summed E-state index contributed by atoms with van der Waals surface area (Å²) in [4.78, 5) is 10.5. The number of carboxylic acids is 1. The fourth-order valence-electron chi connectivity index (χ4n) is 0.834. The van der Waals surface area contributed by atoms with E-state index in [-0.39, 0.29) is 5.25 Å². The topological polar surface area (TPSA) is 37.3 Å². The molecule has 0 radical (unpaired) electrons. The van der Waals surface area contributed by atoms with Gasteiger partial charge in [-0.25, -0.2) is 0 Å². The van der Waals surface area contributed by atoms with Crippen LogP contribution in [0, 0.1) is 0 Å².